The van der Waals surface area contributed by atoms with Crippen molar-refractivity contribution < 1.29 is 0 Å². The molecule has 8 aromatic carbocycles. The molecule has 278 valence electrons. The average molecular weight is 754 g/mol. The summed E-state index contributed by atoms with van der Waals surface area (Å²) in [6, 6.07) is 71.2. The molecule has 0 unspecified atom stereocenters. The molecule has 3 heteroatoms. The lowest BCUT2D eigenvalue weighted by Crippen LogP contribution is -2.16. The molecule has 0 atom stereocenters. The SMILES string of the molecule is CC1(C)c2ccccc2-c2nc3ccccc3c(-c3ccc(-c4ccc(-c5cc(-c6ccccc6)nc(-c6ccc(-c7ccccc7)cc6)n5)c5ccccc45)cc3)c21. The molecule has 0 N–H and O–H groups in total. The predicted molar refractivity (Wildman–Crippen MR) is 245 cm³/mol. The van der Waals surface area contributed by atoms with Crippen LogP contribution in [0, 0.1) is 0 Å². The molecule has 0 spiro atoms. The molecule has 11 rings (SSSR count). The van der Waals surface area contributed by atoms with Gasteiger partial charge in [-0.2, -0.15) is 0 Å². The highest BCUT2D eigenvalue weighted by molar-refractivity contribution is 6.06. The van der Waals surface area contributed by atoms with E-state index in [9.17, 15) is 0 Å². The molecule has 59 heavy (non-hydrogen) atoms. The summed E-state index contributed by atoms with van der Waals surface area (Å²) >= 11 is 0. The van der Waals surface area contributed by atoms with Crippen molar-refractivity contribution in [2.24, 2.45) is 0 Å². The van der Waals surface area contributed by atoms with E-state index in [1.54, 1.807) is 0 Å². The van der Waals surface area contributed by atoms with Crippen LogP contribution in [0.2, 0.25) is 0 Å². The molecule has 0 aliphatic heterocycles. The Morgan fingerprint density at radius 1 is 0.356 bits per heavy atom. The minimum Gasteiger partial charge on any atom is -0.247 e. The highest BCUT2D eigenvalue weighted by Crippen LogP contribution is 2.53. The lowest BCUT2D eigenvalue weighted by atomic mass is 9.78. The first-order valence-electron chi connectivity index (χ1n) is 20.3. The van der Waals surface area contributed by atoms with Crippen LogP contribution in [0.3, 0.4) is 0 Å². The van der Waals surface area contributed by atoms with E-state index in [4.69, 9.17) is 15.0 Å². The molecular weight excluding hydrogens is 715 g/mol. The van der Waals surface area contributed by atoms with Crippen LogP contribution in [-0.4, -0.2) is 15.0 Å². The van der Waals surface area contributed by atoms with Crippen molar-refractivity contribution in [2.75, 3.05) is 0 Å². The molecule has 1 aliphatic carbocycles. The highest BCUT2D eigenvalue weighted by atomic mass is 14.9. The number of hydrogen-bond acceptors (Lipinski definition) is 3. The summed E-state index contributed by atoms with van der Waals surface area (Å²) in [5.74, 6) is 0.700. The highest BCUT2D eigenvalue weighted by Gasteiger charge is 2.39. The van der Waals surface area contributed by atoms with Crippen LogP contribution < -0.4 is 0 Å². The summed E-state index contributed by atoms with van der Waals surface area (Å²) in [4.78, 5) is 15.7. The summed E-state index contributed by atoms with van der Waals surface area (Å²) in [7, 11) is 0. The Morgan fingerprint density at radius 3 is 1.63 bits per heavy atom. The van der Waals surface area contributed by atoms with Crippen molar-refractivity contribution in [3.63, 3.8) is 0 Å². The Hall–Kier alpha value is -7.49. The molecule has 0 amide bonds. The van der Waals surface area contributed by atoms with Gasteiger partial charge in [0, 0.05) is 33.1 Å². The van der Waals surface area contributed by atoms with E-state index in [2.05, 4.69) is 202 Å². The Kier molecular flexibility index (Phi) is 8.16. The Morgan fingerprint density at radius 2 is 0.881 bits per heavy atom. The van der Waals surface area contributed by atoms with E-state index in [1.807, 2.05) is 12.1 Å². The van der Waals surface area contributed by atoms with Crippen LogP contribution in [0.25, 0.3) is 100 Å². The fraction of sp³-hybridized carbons (Fsp3) is 0.0536. The Labute approximate surface area is 344 Å². The van der Waals surface area contributed by atoms with E-state index in [0.717, 1.165) is 50.2 Å². The minimum absolute atomic E-state index is 0.185. The summed E-state index contributed by atoms with van der Waals surface area (Å²) in [5, 5.41) is 3.51. The van der Waals surface area contributed by atoms with Gasteiger partial charge in [0.2, 0.25) is 0 Å². The molecule has 0 bridgehead atoms. The van der Waals surface area contributed by atoms with Gasteiger partial charge in [0.1, 0.15) is 0 Å². The smallest absolute Gasteiger partial charge is 0.160 e. The summed E-state index contributed by atoms with van der Waals surface area (Å²) in [5.41, 5.74) is 17.8. The number of rotatable bonds is 6. The number of pyridine rings is 1. The van der Waals surface area contributed by atoms with Crippen molar-refractivity contribution >= 4 is 21.7 Å². The van der Waals surface area contributed by atoms with Crippen molar-refractivity contribution in [1.29, 1.82) is 0 Å². The first kappa shape index (κ1) is 34.7. The van der Waals surface area contributed by atoms with Gasteiger partial charge in [-0.25, -0.2) is 15.0 Å². The summed E-state index contributed by atoms with van der Waals surface area (Å²) in [6.45, 7) is 4.68. The van der Waals surface area contributed by atoms with Crippen LogP contribution in [0.15, 0.2) is 200 Å². The molecule has 0 fully saturated rings. The zero-order valence-electron chi connectivity index (χ0n) is 32.9. The van der Waals surface area contributed by atoms with E-state index in [-0.39, 0.29) is 5.41 Å². The first-order valence-corrected chi connectivity index (χ1v) is 20.3. The summed E-state index contributed by atoms with van der Waals surface area (Å²) < 4.78 is 0. The number of nitrogens with zero attached hydrogens (tertiary/aromatic N) is 3. The normalized spacial score (nSPS) is 12.7. The van der Waals surface area contributed by atoms with E-state index < -0.39 is 0 Å². The zero-order chi connectivity index (χ0) is 39.5. The maximum atomic E-state index is 5.26. The van der Waals surface area contributed by atoms with Crippen LogP contribution >= 0.6 is 0 Å². The second-order valence-electron chi connectivity index (χ2n) is 16.0. The third kappa shape index (κ3) is 5.85. The molecule has 1 aliphatic rings. The topological polar surface area (TPSA) is 38.7 Å². The Bertz CT molecular complexity index is 3200. The fourth-order valence-corrected chi connectivity index (χ4v) is 9.19. The van der Waals surface area contributed by atoms with Crippen LogP contribution in [0.4, 0.5) is 0 Å². The maximum absolute atomic E-state index is 5.26. The molecule has 0 radical (unpaired) electrons. The van der Waals surface area contributed by atoms with E-state index >= 15 is 0 Å². The molecule has 3 nitrogen and oxygen atoms in total. The molecule has 10 aromatic rings. The lowest BCUT2D eigenvalue weighted by Gasteiger charge is -2.25. The van der Waals surface area contributed by atoms with Crippen LogP contribution in [0.1, 0.15) is 25.0 Å². The number of para-hydroxylation sites is 1. The van der Waals surface area contributed by atoms with Gasteiger partial charge in [0.05, 0.1) is 22.6 Å². The van der Waals surface area contributed by atoms with E-state index in [1.165, 1.54) is 55.3 Å². The molecule has 0 saturated carbocycles. The quantitative estimate of drug-likeness (QED) is 0.170. The van der Waals surface area contributed by atoms with Gasteiger partial charge >= 0.3 is 0 Å². The molecule has 2 aromatic heterocycles. The van der Waals surface area contributed by atoms with Crippen molar-refractivity contribution in [3.05, 3.63) is 211 Å². The van der Waals surface area contributed by atoms with E-state index in [0.29, 0.717) is 5.82 Å². The van der Waals surface area contributed by atoms with Gasteiger partial charge in [0.15, 0.2) is 5.82 Å². The van der Waals surface area contributed by atoms with Gasteiger partial charge in [-0.15, -0.1) is 0 Å². The number of hydrogen-bond donors (Lipinski definition) is 0. The van der Waals surface area contributed by atoms with Gasteiger partial charge < -0.3 is 0 Å². The second kappa shape index (κ2) is 13.9. The molecule has 0 saturated heterocycles. The number of fused-ring (bicyclic) bond motifs is 5. The fourth-order valence-electron chi connectivity index (χ4n) is 9.19. The average Bonchev–Trinajstić information content (AvgIpc) is 3.53. The molecular formula is C56H39N3. The number of benzene rings is 8. The van der Waals surface area contributed by atoms with Crippen molar-refractivity contribution in [3.8, 4) is 78.5 Å². The van der Waals surface area contributed by atoms with Gasteiger partial charge in [-0.05, 0) is 67.4 Å². The second-order valence-corrected chi connectivity index (χ2v) is 16.0. The van der Waals surface area contributed by atoms with Crippen molar-refractivity contribution in [1.82, 2.24) is 15.0 Å². The first-order chi connectivity index (χ1) is 29.0. The van der Waals surface area contributed by atoms with Gasteiger partial charge in [0.25, 0.3) is 0 Å². The Balaban J connectivity index is 1.02. The lowest BCUT2D eigenvalue weighted by molar-refractivity contribution is 0.662. The minimum atomic E-state index is -0.185. The van der Waals surface area contributed by atoms with Gasteiger partial charge in [-0.1, -0.05) is 202 Å². The van der Waals surface area contributed by atoms with Gasteiger partial charge in [-0.3, -0.25) is 0 Å². The monoisotopic (exact) mass is 753 g/mol. The third-order valence-corrected chi connectivity index (χ3v) is 12.1. The van der Waals surface area contributed by atoms with Crippen LogP contribution in [-0.2, 0) is 5.41 Å². The largest absolute Gasteiger partial charge is 0.247 e. The summed E-state index contributed by atoms with van der Waals surface area (Å²) in [6.07, 6.45) is 0. The van der Waals surface area contributed by atoms with Crippen LogP contribution in [0.5, 0.6) is 0 Å². The number of aromatic nitrogens is 3. The van der Waals surface area contributed by atoms with Crippen molar-refractivity contribution in [2.45, 2.75) is 19.3 Å². The molecule has 2 heterocycles. The zero-order valence-corrected chi connectivity index (χ0v) is 32.9. The third-order valence-electron chi connectivity index (χ3n) is 12.1. The standard InChI is InChI=1S/C56H39N3/c1-56(2)48-23-13-11-21-46(48)54-53(56)52(47-22-12-14-24-49(47)57-54)40-29-27-38(28-30-40)42-33-34-45(44-20-10-9-19-43(42)44)51-35-50(39-17-7-4-8-18-39)58-55(59-51)41-31-25-37(26-32-41)36-15-5-3-6-16-36/h3-35H,1-2H3. The predicted octanol–water partition coefficient (Wildman–Crippen LogP) is 14.5. The maximum Gasteiger partial charge on any atom is 0.160 e.